The third kappa shape index (κ3) is 1.34. The molecule has 0 spiro atoms. The number of aromatic nitrogens is 1. The van der Waals surface area contributed by atoms with Crippen LogP contribution in [0.15, 0.2) is 10.6 Å². The van der Waals surface area contributed by atoms with E-state index in [0.717, 1.165) is 29.8 Å². The van der Waals surface area contributed by atoms with E-state index in [1.807, 2.05) is 6.07 Å². The number of aldehydes is 1. The first-order valence-electron chi connectivity index (χ1n) is 6.70. The number of carbonyl (C=O) groups is 1. The van der Waals surface area contributed by atoms with Gasteiger partial charge in [0.25, 0.3) is 0 Å². The van der Waals surface area contributed by atoms with Gasteiger partial charge < -0.3 is 4.52 Å². The number of nitrogens with zero attached hydrogens (tertiary/aromatic N) is 1. The summed E-state index contributed by atoms with van der Waals surface area (Å²) in [7, 11) is 0. The second kappa shape index (κ2) is 3.21. The van der Waals surface area contributed by atoms with Gasteiger partial charge in [0.05, 0.1) is 0 Å². The van der Waals surface area contributed by atoms with E-state index in [1.165, 1.54) is 38.5 Å². The molecular weight excluding hydrogens is 214 g/mol. The minimum Gasteiger partial charge on any atom is -0.360 e. The number of rotatable bonds is 2. The van der Waals surface area contributed by atoms with Crippen LogP contribution in [0.5, 0.6) is 0 Å². The van der Waals surface area contributed by atoms with E-state index in [4.69, 9.17) is 4.52 Å². The minimum absolute atomic E-state index is 0.225. The average Bonchev–Trinajstić information content (AvgIpc) is 2.76. The van der Waals surface area contributed by atoms with E-state index in [0.29, 0.717) is 5.69 Å². The highest BCUT2D eigenvalue weighted by molar-refractivity contribution is 5.71. The van der Waals surface area contributed by atoms with Gasteiger partial charge in [-0.05, 0) is 56.3 Å². The van der Waals surface area contributed by atoms with Gasteiger partial charge in [0.1, 0.15) is 11.5 Å². The third-order valence-electron chi connectivity index (χ3n) is 5.21. The van der Waals surface area contributed by atoms with Crippen LogP contribution in [0.2, 0.25) is 0 Å². The minimum atomic E-state index is 0.225. The first kappa shape index (κ1) is 9.86. The molecule has 1 aromatic heterocycles. The van der Waals surface area contributed by atoms with Crippen LogP contribution in [0.4, 0.5) is 0 Å². The van der Waals surface area contributed by atoms with Crippen molar-refractivity contribution in [3.8, 4) is 0 Å². The smallest absolute Gasteiger partial charge is 0.171 e. The Hall–Kier alpha value is -1.12. The van der Waals surface area contributed by atoms with Crippen LogP contribution in [0.1, 0.15) is 54.8 Å². The first-order valence-corrected chi connectivity index (χ1v) is 6.70. The molecule has 5 rings (SSSR count). The van der Waals surface area contributed by atoms with Crippen LogP contribution in [-0.2, 0) is 5.41 Å². The Morgan fingerprint density at radius 3 is 2.24 bits per heavy atom. The summed E-state index contributed by atoms with van der Waals surface area (Å²) in [5.41, 5.74) is 0.680. The average molecular weight is 231 g/mol. The normalized spacial score (nSPS) is 42.9. The summed E-state index contributed by atoms with van der Waals surface area (Å²) in [5, 5.41) is 3.85. The van der Waals surface area contributed by atoms with Crippen LogP contribution >= 0.6 is 0 Å². The van der Waals surface area contributed by atoms with Crippen LogP contribution < -0.4 is 0 Å². The summed E-state index contributed by atoms with van der Waals surface area (Å²) in [6, 6.07) is 1.88. The number of carbonyl (C=O) groups excluding carboxylic acids is 1. The molecule has 4 saturated carbocycles. The van der Waals surface area contributed by atoms with Gasteiger partial charge in [-0.1, -0.05) is 5.16 Å². The maximum atomic E-state index is 10.7. The Morgan fingerprint density at radius 1 is 1.18 bits per heavy atom. The topological polar surface area (TPSA) is 43.1 Å². The van der Waals surface area contributed by atoms with Gasteiger partial charge in [-0.2, -0.15) is 0 Å². The molecular formula is C14H17NO2. The van der Waals surface area contributed by atoms with Crippen molar-refractivity contribution in [3.05, 3.63) is 17.5 Å². The van der Waals surface area contributed by atoms with E-state index in [2.05, 4.69) is 5.16 Å². The van der Waals surface area contributed by atoms with Crippen molar-refractivity contribution in [3.63, 3.8) is 0 Å². The molecule has 1 heterocycles. The lowest BCUT2D eigenvalue weighted by Crippen LogP contribution is -2.48. The van der Waals surface area contributed by atoms with E-state index in [1.54, 1.807) is 0 Å². The van der Waals surface area contributed by atoms with Crippen LogP contribution in [0.25, 0.3) is 0 Å². The largest absolute Gasteiger partial charge is 0.360 e. The molecule has 4 aliphatic carbocycles. The molecule has 4 bridgehead atoms. The lowest BCUT2D eigenvalue weighted by Gasteiger charge is -2.55. The maximum absolute atomic E-state index is 10.7. The molecule has 0 saturated heterocycles. The molecule has 0 N–H and O–H groups in total. The molecule has 1 aromatic rings. The van der Waals surface area contributed by atoms with Crippen molar-refractivity contribution >= 4 is 6.29 Å². The Bertz CT molecular complexity index is 427. The quantitative estimate of drug-likeness (QED) is 0.735. The third-order valence-corrected chi connectivity index (χ3v) is 5.21. The molecule has 0 aromatic carbocycles. The Morgan fingerprint density at radius 2 is 1.76 bits per heavy atom. The van der Waals surface area contributed by atoms with E-state index < -0.39 is 0 Å². The maximum Gasteiger partial charge on any atom is 0.171 e. The Balaban J connectivity index is 1.74. The molecule has 4 aliphatic rings. The standard InChI is InChI=1S/C14H17NO2/c16-8-12-4-13(17-15-12)14-5-9-1-10(6-14)3-11(2-9)7-14/h4,8-11H,1-3,5-7H2. The molecule has 3 nitrogen and oxygen atoms in total. The predicted octanol–water partition coefficient (Wildman–Crippen LogP) is 2.95. The number of hydrogen-bond donors (Lipinski definition) is 0. The van der Waals surface area contributed by atoms with E-state index >= 15 is 0 Å². The van der Waals surface area contributed by atoms with Gasteiger partial charge >= 0.3 is 0 Å². The predicted molar refractivity (Wildman–Crippen MR) is 61.7 cm³/mol. The van der Waals surface area contributed by atoms with E-state index in [9.17, 15) is 4.79 Å². The zero-order chi connectivity index (χ0) is 11.5. The van der Waals surface area contributed by atoms with Crippen molar-refractivity contribution in [1.82, 2.24) is 5.16 Å². The van der Waals surface area contributed by atoms with Gasteiger partial charge in [0, 0.05) is 11.5 Å². The van der Waals surface area contributed by atoms with Crippen molar-refractivity contribution in [2.45, 2.75) is 43.9 Å². The fourth-order valence-electron chi connectivity index (χ4n) is 5.01. The monoisotopic (exact) mass is 231 g/mol. The molecule has 0 unspecified atom stereocenters. The van der Waals surface area contributed by atoms with Gasteiger partial charge in [-0.25, -0.2) is 0 Å². The molecule has 0 radical (unpaired) electrons. The lowest BCUT2D eigenvalue weighted by molar-refractivity contribution is -0.0175. The zero-order valence-corrected chi connectivity index (χ0v) is 9.89. The SMILES string of the molecule is O=Cc1cc(C23CC4CC(CC(C4)C2)C3)on1. The summed E-state index contributed by atoms with van der Waals surface area (Å²) in [6.45, 7) is 0. The highest BCUT2D eigenvalue weighted by Crippen LogP contribution is 2.60. The highest BCUT2D eigenvalue weighted by Gasteiger charge is 2.53. The molecule has 0 atom stereocenters. The fourth-order valence-corrected chi connectivity index (χ4v) is 5.01. The number of hydrogen-bond acceptors (Lipinski definition) is 3. The molecule has 4 fully saturated rings. The van der Waals surface area contributed by atoms with Crippen LogP contribution in [-0.4, -0.2) is 11.4 Å². The summed E-state index contributed by atoms with van der Waals surface area (Å²) in [5.74, 6) is 3.67. The van der Waals surface area contributed by atoms with Crippen LogP contribution in [0, 0.1) is 17.8 Å². The van der Waals surface area contributed by atoms with Gasteiger partial charge in [0.2, 0.25) is 0 Å². The second-order valence-electron chi connectivity index (χ2n) is 6.43. The van der Waals surface area contributed by atoms with Gasteiger partial charge in [-0.3, -0.25) is 4.79 Å². The van der Waals surface area contributed by atoms with Crippen molar-refractivity contribution in [2.24, 2.45) is 17.8 Å². The molecule has 0 aliphatic heterocycles. The Labute approximate surface area is 101 Å². The lowest BCUT2D eigenvalue weighted by atomic mass is 9.49. The van der Waals surface area contributed by atoms with Crippen molar-refractivity contribution in [2.75, 3.05) is 0 Å². The second-order valence-corrected chi connectivity index (χ2v) is 6.43. The van der Waals surface area contributed by atoms with Gasteiger partial charge in [-0.15, -0.1) is 0 Å². The summed E-state index contributed by atoms with van der Waals surface area (Å²) >= 11 is 0. The molecule has 17 heavy (non-hydrogen) atoms. The van der Waals surface area contributed by atoms with Gasteiger partial charge in [0.15, 0.2) is 6.29 Å². The summed E-state index contributed by atoms with van der Waals surface area (Å²) in [4.78, 5) is 10.7. The first-order chi connectivity index (χ1) is 8.27. The molecule has 90 valence electrons. The van der Waals surface area contributed by atoms with Crippen molar-refractivity contribution < 1.29 is 9.32 Å². The summed E-state index contributed by atoms with van der Waals surface area (Å²) in [6.07, 6.45) is 8.83. The Kier molecular flexibility index (Phi) is 1.86. The molecule has 3 heteroatoms. The zero-order valence-electron chi connectivity index (χ0n) is 9.89. The highest BCUT2D eigenvalue weighted by atomic mass is 16.5. The molecule has 0 amide bonds. The summed E-state index contributed by atoms with van der Waals surface area (Å²) < 4.78 is 5.46. The fraction of sp³-hybridized carbons (Fsp3) is 0.714. The van der Waals surface area contributed by atoms with E-state index in [-0.39, 0.29) is 5.41 Å². The van der Waals surface area contributed by atoms with Crippen molar-refractivity contribution in [1.29, 1.82) is 0 Å². The van der Waals surface area contributed by atoms with Crippen LogP contribution in [0.3, 0.4) is 0 Å².